The van der Waals surface area contributed by atoms with Crippen LogP contribution in [0.3, 0.4) is 0 Å². The predicted octanol–water partition coefficient (Wildman–Crippen LogP) is 4.14. The molecule has 0 aromatic heterocycles. The molecule has 1 aromatic carbocycles. The van der Waals surface area contributed by atoms with E-state index in [2.05, 4.69) is 57.3 Å². The Bertz CT molecular complexity index is 332. The van der Waals surface area contributed by atoms with Crippen LogP contribution in [0.25, 0.3) is 0 Å². The molecular formula is C17H29NO. The molecule has 108 valence electrons. The van der Waals surface area contributed by atoms with Crippen molar-refractivity contribution in [3.05, 3.63) is 35.4 Å². The lowest BCUT2D eigenvalue weighted by Crippen LogP contribution is -2.14. The fourth-order valence-electron chi connectivity index (χ4n) is 2.13. The first kappa shape index (κ1) is 16.2. The van der Waals surface area contributed by atoms with E-state index < -0.39 is 0 Å². The number of ether oxygens (including phenoxy) is 1. The maximum Gasteiger partial charge on any atom is 0.0720 e. The van der Waals surface area contributed by atoms with Crippen molar-refractivity contribution in [2.24, 2.45) is 5.92 Å². The van der Waals surface area contributed by atoms with E-state index in [0.29, 0.717) is 12.0 Å². The van der Waals surface area contributed by atoms with Crippen LogP contribution in [0.4, 0.5) is 0 Å². The monoisotopic (exact) mass is 263 g/mol. The Labute approximate surface area is 118 Å². The first-order valence-electron chi connectivity index (χ1n) is 7.52. The fraction of sp³-hybridized carbons (Fsp3) is 0.647. The molecule has 0 saturated heterocycles. The Morgan fingerprint density at radius 1 is 1.05 bits per heavy atom. The second kappa shape index (κ2) is 9.11. The van der Waals surface area contributed by atoms with Crippen LogP contribution in [0.5, 0.6) is 0 Å². The van der Waals surface area contributed by atoms with Crippen molar-refractivity contribution in [1.82, 2.24) is 5.32 Å². The van der Waals surface area contributed by atoms with E-state index in [1.165, 1.54) is 17.5 Å². The van der Waals surface area contributed by atoms with Gasteiger partial charge < -0.3 is 10.1 Å². The molecule has 0 radical (unpaired) electrons. The summed E-state index contributed by atoms with van der Waals surface area (Å²) in [5, 5.41) is 3.41. The van der Waals surface area contributed by atoms with Crippen molar-refractivity contribution >= 4 is 0 Å². The van der Waals surface area contributed by atoms with Crippen molar-refractivity contribution in [2.75, 3.05) is 6.54 Å². The maximum absolute atomic E-state index is 5.86. The molecule has 0 spiro atoms. The molecule has 1 N–H and O–H groups in total. The molecule has 0 heterocycles. The van der Waals surface area contributed by atoms with Crippen LogP contribution in [0.1, 0.15) is 51.7 Å². The van der Waals surface area contributed by atoms with E-state index in [-0.39, 0.29) is 0 Å². The average Bonchev–Trinajstić information content (AvgIpc) is 2.37. The van der Waals surface area contributed by atoms with Gasteiger partial charge >= 0.3 is 0 Å². The van der Waals surface area contributed by atoms with Crippen molar-refractivity contribution in [3.8, 4) is 0 Å². The molecule has 1 atom stereocenters. The third-order valence-corrected chi connectivity index (χ3v) is 3.12. The molecule has 1 aromatic rings. The Kier molecular flexibility index (Phi) is 7.76. The normalized spacial score (nSPS) is 12.9. The van der Waals surface area contributed by atoms with E-state index in [4.69, 9.17) is 4.74 Å². The first-order valence-corrected chi connectivity index (χ1v) is 7.52. The number of hydrogen-bond donors (Lipinski definition) is 1. The molecule has 1 unspecified atom stereocenters. The lowest BCUT2D eigenvalue weighted by Gasteiger charge is -2.15. The summed E-state index contributed by atoms with van der Waals surface area (Å²) in [6.45, 7) is 11.6. The minimum atomic E-state index is 0.339. The molecule has 0 bridgehead atoms. The Morgan fingerprint density at radius 3 is 2.26 bits per heavy atom. The minimum absolute atomic E-state index is 0.339. The van der Waals surface area contributed by atoms with Gasteiger partial charge in [-0.1, -0.05) is 45.0 Å². The van der Waals surface area contributed by atoms with Gasteiger partial charge in [0.2, 0.25) is 0 Å². The highest BCUT2D eigenvalue weighted by atomic mass is 16.5. The molecule has 2 heteroatoms. The lowest BCUT2D eigenvalue weighted by atomic mass is 10.1. The van der Waals surface area contributed by atoms with Crippen LogP contribution >= 0.6 is 0 Å². The molecule has 0 aliphatic carbocycles. The quantitative estimate of drug-likeness (QED) is 0.676. The molecule has 19 heavy (non-hydrogen) atoms. The third kappa shape index (κ3) is 7.34. The molecule has 0 fully saturated rings. The summed E-state index contributed by atoms with van der Waals surface area (Å²) < 4.78 is 5.86. The first-order chi connectivity index (χ1) is 9.11. The van der Waals surface area contributed by atoms with Gasteiger partial charge in [0.25, 0.3) is 0 Å². The summed E-state index contributed by atoms with van der Waals surface area (Å²) in [7, 11) is 0. The van der Waals surface area contributed by atoms with Gasteiger partial charge in [0.05, 0.1) is 12.7 Å². The van der Waals surface area contributed by atoms with Crippen molar-refractivity contribution < 1.29 is 4.74 Å². The summed E-state index contributed by atoms with van der Waals surface area (Å²) in [6.07, 6.45) is 2.64. The topological polar surface area (TPSA) is 21.3 Å². The largest absolute Gasteiger partial charge is 0.374 e. The van der Waals surface area contributed by atoms with Gasteiger partial charge in [0.15, 0.2) is 0 Å². The minimum Gasteiger partial charge on any atom is -0.374 e. The van der Waals surface area contributed by atoms with Gasteiger partial charge in [0.1, 0.15) is 0 Å². The van der Waals surface area contributed by atoms with Gasteiger partial charge in [-0.05, 0) is 43.4 Å². The predicted molar refractivity (Wildman–Crippen MR) is 82.1 cm³/mol. The average molecular weight is 263 g/mol. The summed E-state index contributed by atoms with van der Waals surface area (Å²) in [5.74, 6) is 0.696. The van der Waals surface area contributed by atoms with Crippen LogP contribution in [-0.2, 0) is 17.9 Å². The molecule has 0 saturated carbocycles. The number of benzene rings is 1. The van der Waals surface area contributed by atoms with E-state index in [1.807, 2.05) is 0 Å². The van der Waals surface area contributed by atoms with E-state index >= 15 is 0 Å². The smallest absolute Gasteiger partial charge is 0.0720 e. The second-order valence-electron chi connectivity index (χ2n) is 5.74. The van der Waals surface area contributed by atoms with Crippen LogP contribution < -0.4 is 5.32 Å². The lowest BCUT2D eigenvalue weighted by molar-refractivity contribution is 0.0397. The van der Waals surface area contributed by atoms with Gasteiger partial charge in [-0.3, -0.25) is 0 Å². The zero-order valence-electron chi connectivity index (χ0n) is 12.9. The Balaban J connectivity index is 2.31. The van der Waals surface area contributed by atoms with Crippen LogP contribution in [-0.4, -0.2) is 12.6 Å². The van der Waals surface area contributed by atoms with Gasteiger partial charge in [0, 0.05) is 6.54 Å². The molecular weight excluding hydrogens is 234 g/mol. The molecule has 1 rings (SSSR count). The van der Waals surface area contributed by atoms with Crippen LogP contribution in [0.2, 0.25) is 0 Å². The molecule has 0 amide bonds. The zero-order chi connectivity index (χ0) is 14.1. The fourth-order valence-corrected chi connectivity index (χ4v) is 2.13. The molecule has 0 aliphatic rings. The summed E-state index contributed by atoms with van der Waals surface area (Å²) in [4.78, 5) is 0. The van der Waals surface area contributed by atoms with Crippen molar-refractivity contribution in [3.63, 3.8) is 0 Å². The van der Waals surface area contributed by atoms with Gasteiger partial charge in [-0.15, -0.1) is 0 Å². The van der Waals surface area contributed by atoms with E-state index in [1.54, 1.807) is 0 Å². The zero-order valence-corrected chi connectivity index (χ0v) is 12.9. The third-order valence-electron chi connectivity index (χ3n) is 3.12. The Hall–Kier alpha value is -0.860. The van der Waals surface area contributed by atoms with Crippen molar-refractivity contribution in [1.29, 1.82) is 0 Å². The molecule has 2 nitrogen and oxygen atoms in total. The summed E-state index contributed by atoms with van der Waals surface area (Å²) in [6, 6.07) is 8.72. The van der Waals surface area contributed by atoms with Crippen LogP contribution in [0, 0.1) is 5.92 Å². The van der Waals surface area contributed by atoms with E-state index in [0.717, 1.165) is 26.1 Å². The van der Waals surface area contributed by atoms with Gasteiger partial charge in [-0.25, -0.2) is 0 Å². The Morgan fingerprint density at radius 2 is 1.68 bits per heavy atom. The maximum atomic E-state index is 5.86. The van der Waals surface area contributed by atoms with Crippen molar-refractivity contribution in [2.45, 2.75) is 59.8 Å². The molecule has 0 aliphatic heterocycles. The highest BCUT2D eigenvalue weighted by molar-refractivity contribution is 5.21. The second-order valence-corrected chi connectivity index (χ2v) is 5.74. The SMILES string of the molecule is CCCNCc1ccc(COC(C)CC(C)C)cc1. The number of rotatable bonds is 9. The summed E-state index contributed by atoms with van der Waals surface area (Å²) >= 11 is 0. The number of hydrogen-bond acceptors (Lipinski definition) is 2. The standard InChI is InChI=1S/C17H29NO/c1-5-10-18-12-16-6-8-17(9-7-16)13-19-15(4)11-14(2)3/h6-9,14-15,18H,5,10-13H2,1-4H3. The highest BCUT2D eigenvalue weighted by Crippen LogP contribution is 2.11. The highest BCUT2D eigenvalue weighted by Gasteiger charge is 2.05. The summed E-state index contributed by atoms with van der Waals surface area (Å²) in [5.41, 5.74) is 2.60. The van der Waals surface area contributed by atoms with E-state index in [9.17, 15) is 0 Å². The number of nitrogens with one attached hydrogen (secondary N) is 1. The van der Waals surface area contributed by atoms with Crippen LogP contribution in [0.15, 0.2) is 24.3 Å². The van der Waals surface area contributed by atoms with Gasteiger partial charge in [-0.2, -0.15) is 0 Å².